The van der Waals surface area contributed by atoms with Gasteiger partial charge in [0.2, 0.25) is 0 Å². The maximum Gasteiger partial charge on any atom is 0.261 e. The second-order valence-corrected chi connectivity index (χ2v) is 6.63. The van der Waals surface area contributed by atoms with E-state index in [9.17, 15) is 4.79 Å². The molecule has 0 aliphatic rings. The Morgan fingerprint density at radius 2 is 2.35 bits per heavy atom. The van der Waals surface area contributed by atoms with Crippen LogP contribution in [-0.2, 0) is 0 Å². The Hall–Kier alpha value is -0.960. The standard InChI is InChI=1S/C15H21NO2S2/c1-11(10-19-3)9-16-15(18)14-8-12(2)13(20-14)6-4-5-7-17/h8,11,17H,5,7,9-10H2,1-3H3,(H,16,18). The minimum absolute atomic E-state index is 0.0266. The Kier molecular flexibility index (Phi) is 7.75. The van der Waals surface area contributed by atoms with Gasteiger partial charge in [-0.2, -0.15) is 11.8 Å². The van der Waals surface area contributed by atoms with Crippen molar-refractivity contribution in [3.63, 3.8) is 0 Å². The number of aryl methyl sites for hydroxylation is 1. The topological polar surface area (TPSA) is 49.3 Å². The van der Waals surface area contributed by atoms with E-state index in [0.29, 0.717) is 23.8 Å². The monoisotopic (exact) mass is 311 g/mol. The number of hydrogen-bond acceptors (Lipinski definition) is 4. The van der Waals surface area contributed by atoms with Crippen LogP contribution in [0, 0.1) is 24.7 Å². The lowest BCUT2D eigenvalue weighted by Gasteiger charge is -2.10. The average molecular weight is 311 g/mol. The maximum atomic E-state index is 12.1. The average Bonchev–Trinajstić information content (AvgIpc) is 2.78. The molecule has 3 nitrogen and oxygen atoms in total. The van der Waals surface area contributed by atoms with Crippen molar-refractivity contribution in [2.45, 2.75) is 20.3 Å². The number of thioether (sulfide) groups is 1. The number of carbonyl (C=O) groups excluding carboxylic acids is 1. The van der Waals surface area contributed by atoms with Crippen molar-refractivity contribution in [3.05, 3.63) is 21.4 Å². The quantitative estimate of drug-likeness (QED) is 0.794. The predicted molar refractivity (Wildman–Crippen MR) is 87.5 cm³/mol. The third kappa shape index (κ3) is 5.58. The molecule has 0 aliphatic carbocycles. The third-order valence-corrected chi connectivity index (χ3v) is 4.70. The van der Waals surface area contributed by atoms with Crippen molar-refractivity contribution in [1.29, 1.82) is 0 Å². The van der Waals surface area contributed by atoms with Gasteiger partial charge in [-0.15, -0.1) is 11.3 Å². The van der Waals surface area contributed by atoms with Crippen molar-refractivity contribution in [3.8, 4) is 11.8 Å². The number of nitrogens with one attached hydrogen (secondary N) is 1. The largest absolute Gasteiger partial charge is 0.395 e. The highest BCUT2D eigenvalue weighted by Gasteiger charge is 2.12. The maximum absolute atomic E-state index is 12.1. The van der Waals surface area contributed by atoms with Crippen molar-refractivity contribution in [2.75, 3.05) is 25.2 Å². The van der Waals surface area contributed by atoms with Gasteiger partial charge in [-0.05, 0) is 36.5 Å². The molecule has 0 fully saturated rings. The molecule has 1 heterocycles. The van der Waals surface area contributed by atoms with E-state index >= 15 is 0 Å². The Bertz CT molecular complexity index is 500. The van der Waals surface area contributed by atoms with Gasteiger partial charge in [-0.1, -0.05) is 18.8 Å². The summed E-state index contributed by atoms with van der Waals surface area (Å²) in [6, 6.07) is 1.88. The molecular weight excluding hydrogens is 290 g/mol. The van der Waals surface area contributed by atoms with Crippen LogP contribution in [-0.4, -0.2) is 36.2 Å². The number of hydrogen-bond donors (Lipinski definition) is 2. The van der Waals surface area contributed by atoms with Gasteiger partial charge in [0.15, 0.2) is 0 Å². The van der Waals surface area contributed by atoms with Crippen LogP contribution in [0.1, 0.15) is 33.5 Å². The second-order valence-electron chi connectivity index (χ2n) is 4.67. The van der Waals surface area contributed by atoms with E-state index in [-0.39, 0.29) is 12.5 Å². The zero-order valence-electron chi connectivity index (χ0n) is 12.2. The van der Waals surface area contributed by atoms with Crippen LogP contribution in [0.15, 0.2) is 6.07 Å². The van der Waals surface area contributed by atoms with E-state index < -0.39 is 0 Å². The number of thiophene rings is 1. The fourth-order valence-corrected chi connectivity index (χ4v) is 3.26. The summed E-state index contributed by atoms with van der Waals surface area (Å²) in [4.78, 5) is 13.7. The highest BCUT2D eigenvalue weighted by atomic mass is 32.2. The normalized spacial score (nSPS) is 11.6. The summed E-state index contributed by atoms with van der Waals surface area (Å²) in [7, 11) is 0. The van der Waals surface area contributed by atoms with E-state index in [4.69, 9.17) is 5.11 Å². The van der Waals surface area contributed by atoms with Crippen LogP contribution in [0.5, 0.6) is 0 Å². The molecule has 1 unspecified atom stereocenters. The summed E-state index contributed by atoms with van der Waals surface area (Å²) >= 11 is 3.20. The molecule has 1 aromatic rings. The molecule has 0 radical (unpaired) electrons. The van der Waals surface area contributed by atoms with E-state index in [0.717, 1.165) is 16.2 Å². The van der Waals surface area contributed by atoms with Gasteiger partial charge >= 0.3 is 0 Å². The van der Waals surface area contributed by atoms with Gasteiger partial charge in [0.25, 0.3) is 5.91 Å². The smallest absolute Gasteiger partial charge is 0.261 e. The summed E-state index contributed by atoms with van der Waals surface area (Å²) in [5.41, 5.74) is 1.02. The molecule has 0 saturated heterocycles. The molecule has 1 aromatic heterocycles. The van der Waals surface area contributed by atoms with Crippen molar-refractivity contribution in [2.24, 2.45) is 5.92 Å². The lowest BCUT2D eigenvalue weighted by molar-refractivity contribution is 0.0953. The first-order valence-electron chi connectivity index (χ1n) is 6.55. The van der Waals surface area contributed by atoms with Gasteiger partial charge in [0.05, 0.1) is 16.4 Å². The van der Waals surface area contributed by atoms with E-state index in [1.54, 1.807) is 11.8 Å². The summed E-state index contributed by atoms with van der Waals surface area (Å²) < 4.78 is 0. The summed E-state index contributed by atoms with van der Waals surface area (Å²) in [6.45, 7) is 4.84. The van der Waals surface area contributed by atoms with Gasteiger partial charge in [0, 0.05) is 13.0 Å². The molecule has 1 amide bonds. The molecule has 0 spiro atoms. The zero-order valence-corrected chi connectivity index (χ0v) is 13.8. The molecular formula is C15H21NO2S2. The molecule has 0 aromatic carbocycles. The first-order valence-corrected chi connectivity index (χ1v) is 8.76. The number of aliphatic hydroxyl groups excluding tert-OH is 1. The Morgan fingerprint density at radius 3 is 3.00 bits per heavy atom. The SMILES string of the molecule is CSCC(C)CNC(=O)c1cc(C)c(C#CCCO)s1. The Morgan fingerprint density at radius 1 is 1.60 bits per heavy atom. The molecule has 110 valence electrons. The van der Waals surface area contributed by atoms with E-state index in [1.165, 1.54) is 11.3 Å². The highest BCUT2D eigenvalue weighted by molar-refractivity contribution is 7.98. The predicted octanol–water partition coefficient (Wildman–Crippen LogP) is 2.52. The first-order chi connectivity index (χ1) is 9.58. The molecule has 20 heavy (non-hydrogen) atoms. The molecule has 2 N–H and O–H groups in total. The van der Waals surface area contributed by atoms with Crippen LogP contribution < -0.4 is 5.32 Å². The fourth-order valence-electron chi connectivity index (χ4n) is 1.61. The van der Waals surface area contributed by atoms with Crippen LogP contribution in [0.4, 0.5) is 0 Å². The fraction of sp³-hybridized carbons (Fsp3) is 0.533. The minimum Gasteiger partial charge on any atom is -0.395 e. The lowest BCUT2D eigenvalue weighted by Crippen LogP contribution is -2.28. The van der Waals surface area contributed by atoms with Gasteiger partial charge in [-0.25, -0.2) is 0 Å². The van der Waals surface area contributed by atoms with Crippen molar-refractivity contribution < 1.29 is 9.90 Å². The van der Waals surface area contributed by atoms with Gasteiger partial charge < -0.3 is 10.4 Å². The van der Waals surface area contributed by atoms with Crippen LogP contribution in [0.3, 0.4) is 0 Å². The van der Waals surface area contributed by atoms with E-state index in [2.05, 4.69) is 30.3 Å². The summed E-state index contributed by atoms with van der Waals surface area (Å²) in [6.07, 6.45) is 2.53. The van der Waals surface area contributed by atoms with Crippen molar-refractivity contribution in [1.82, 2.24) is 5.32 Å². The van der Waals surface area contributed by atoms with Gasteiger partial charge in [0.1, 0.15) is 0 Å². The number of amides is 1. The number of rotatable bonds is 6. The summed E-state index contributed by atoms with van der Waals surface area (Å²) in [5, 5.41) is 11.7. The number of aliphatic hydroxyl groups is 1. The lowest BCUT2D eigenvalue weighted by atomic mass is 10.2. The molecule has 0 saturated carbocycles. The summed E-state index contributed by atoms with van der Waals surface area (Å²) in [5.74, 6) is 7.37. The van der Waals surface area contributed by atoms with Crippen LogP contribution in [0.2, 0.25) is 0 Å². The Labute approximate surface area is 129 Å². The van der Waals surface area contributed by atoms with Crippen LogP contribution in [0.25, 0.3) is 0 Å². The number of carbonyl (C=O) groups is 1. The first kappa shape index (κ1) is 17.1. The highest BCUT2D eigenvalue weighted by Crippen LogP contribution is 2.21. The Balaban J connectivity index is 2.61. The van der Waals surface area contributed by atoms with E-state index in [1.807, 2.05) is 13.0 Å². The molecule has 1 atom stereocenters. The minimum atomic E-state index is -0.0266. The second kappa shape index (κ2) is 9.06. The van der Waals surface area contributed by atoms with Gasteiger partial charge in [-0.3, -0.25) is 4.79 Å². The zero-order chi connectivity index (χ0) is 15.0. The molecule has 0 bridgehead atoms. The van der Waals surface area contributed by atoms with Crippen LogP contribution >= 0.6 is 23.1 Å². The molecule has 1 rings (SSSR count). The molecule has 0 aliphatic heterocycles. The van der Waals surface area contributed by atoms with Crippen molar-refractivity contribution >= 4 is 29.0 Å². The third-order valence-electron chi connectivity index (χ3n) is 2.64. The molecule has 5 heteroatoms.